The molecule has 0 aliphatic carbocycles. The van der Waals surface area contributed by atoms with E-state index in [9.17, 15) is 31.2 Å². The summed E-state index contributed by atoms with van der Waals surface area (Å²) >= 11 is 18.0. The highest BCUT2D eigenvalue weighted by Gasteiger charge is 2.34. The van der Waals surface area contributed by atoms with Crippen LogP contribution in [0.25, 0.3) is 0 Å². The van der Waals surface area contributed by atoms with Gasteiger partial charge in [-0.25, -0.2) is 8.42 Å². The van der Waals surface area contributed by atoms with E-state index < -0.39 is 51.9 Å². The fourth-order valence-electron chi connectivity index (χ4n) is 3.21. The van der Waals surface area contributed by atoms with E-state index in [-0.39, 0.29) is 28.2 Å². The first kappa shape index (κ1) is 30.0. The molecule has 0 bridgehead atoms. The Morgan fingerprint density at radius 1 is 1.03 bits per heavy atom. The lowest BCUT2D eigenvalue weighted by Crippen LogP contribution is -2.51. The van der Waals surface area contributed by atoms with E-state index in [0.717, 1.165) is 17.2 Å². The molecule has 198 valence electrons. The maximum atomic E-state index is 13.4. The first-order valence-electron chi connectivity index (χ1n) is 10.4. The fourth-order valence-corrected chi connectivity index (χ4v) is 4.66. The van der Waals surface area contributed by atoms with Crippen molar-refractivity contribution in [2.24, 2.45) is 0 Å². The zero-order valence-corrected chi connectivity index (χ0v) is 22.5. The number of nitrogens with one attached hydrogen (secondary N) is 1. The van der Waals surface area contributed by atoms with Crippen molar-refractivity contribution >= 4 is 62.3 Å². The molecule has 0 saturated carbocycles. The van der Waals surface area contributed by atoms with Gasteiger partial charge in [0.2, 0.25) is 21.8 Å². The van der Waals surface area contributed by atoms with Crippen molar-refractivity contribution in [3.05, 3.63) is 62.6 Å². The zero-order chi connectivity index (χ0) is 27.4. The van der Waals surface area contributed by atoms with Gasteiger partial charge < -0.3 is 10.2 Å². The second kappa shape index (κ2) is 11.9. The van der Waals surface area contributed by atoms with Gasteiger partial charge in [0.25, 0.3) is 0 Å². The van der Waals surface area contributed by atoms with Crippen molar-refractivity contribution in [3.63, 3.8) is 0 Å². The molecule has 0 unspecified atom stereocenters. The summed E-state index contributed by atoms with van der Waals surface area (Å²) in [6.45, 7) is 2.30. The third-order valence-electron chi connectivity index (χ3n) is 5.08. The summed E-state index contributed by atoms with van der Waals surface area (Å²) in [7, 11) is -4.28. The summed E-state index contributed by atoms with van der Waals surface area (Å²) in [6, 6.07) is 5.61. The minimum Gasteiger partial charge on any atom is -0.355 e. The number of amides is 2. The average molecular weight is 589 g/mol. The highest BCUT2D eigenvalue weighted by Crippen LogP contribution is 2.36. The van der Waals surface area contributed by atoms with E-state index in [2.05, 4.69) is 5.32 Å². The van der Waals surface area contributed by atoms with Gasteiger partial charge in [-0.05, 0) is 49.7 Å². The van der Waals surface area contributed by atoms with Crippen LogP contribution in [0.2, 0.25) is 15.1 Å². The average Bonchev–Trinajstić information content (AvgIpc) is 2.76. The van der Waals surface area contributed by atoms with Gasteiger partial charge in [-0.1, -0.05) is 40.9 Å². The molecule has 0 aliphatic rings. The van der Waals surface area contributed by atoms with Crippen LogP contribution < -0.4 is 9.62 Å². The van der Waals surface area contributed by atoms with Crippen LogP contribution in [-0.4, -0.2) is 50.5 Å². The predicted molar refractivity (Wildman–Crippen MR) is 134 cm³/mol. The Balaban J connectivity index is 2.51. The van der Waals surface area contributed by atoms with E-state index in [1.54, 1.807) is 13.0 Å². The van der Waals surface area contributed by atoms with Gasteiger partial charge in [0.1, 0.15) is 12.6 Å². The third-order valence-corrected chi connectivity index (χ3v) is 7.26. The van der Waals surface area contributed by atoms with Gasteiger partial charge in [0, 0.05) is 13.1 Å². The van der Waals surface area contributed by atoms with Crippen LogP contribution in [0, 0.1) is 0 Å². The standard InChI is InChI=1S/C22H23Cl3F3N3O4S/c1-4-29-21(33)13(2)30(11-14-5-7-16(23)18(25)9-14)20(32)12-31(36(3,34)35)19-10-15(22(26,27)28)6-8-17(19)24/h5-10,13H,4,11-12H2,1-3H3,(H,29,33)/t13-/m1/s1. The third kappa shape index (κ3) is 7.64. The van der Waals surface area contributed by atoms with Crippen LogP contribution in [-0.2, 0) is 32.3 Å². The minimum atomic E-state index is -4.78. The van der Waals surface area contributed by atoms with Gasteiger partial charge in [-0.3, -0.25) is 13.9 Å². The predicted octanol–water partition coefficient (Wildman–Crippen LogP) is 4.99. The molecule has 1 N–H and O–H groups in total. The van der Waals surface area contributed by atoms with Crippen LogP contribution in [0.3, 0.4) is 0 Å². The molecule has 0 saturated heterocycles. The van der Waals surface area contributed by atoms with Crippen molar-refractivity contribution in [2.45, 2.75) is 32.6 Å². The Morgan fingerprint density at radius 3 is 2.17 bits per heavy atom. The minimum absolute atomic E-state index is 0.165. The van der Waals surface area contributed by atoms with E-state index in [4.69, 9.17) is 34.8 Å². The van der Waals surface area contributed by atoms with E-state index in [1.807, 2.05) is 0 Å². The summed E-state index contributed by atoms with van der Waals surface area (Å²) in [5.74, 6) is -1.38. The maximum absolute atomic E-state index is 13.4. The summed E-state index contributed by atoms with van der Waals surface area (Å²) in [6.07, 6.45) is -4.05. The van der Waals surface area contributed by atoms with Crippen molar-refractivity contribution in [2.75, 3.05) is 23.7 Å². The summed E-state index contributed by atoms with van der Waals surface area (Å²) < 4.78 is 65.4. The van der Waals surface area contributed by atoms with Gasteiger partial charge in [0.15, 0.2) is 0 Å². The first-order chi connectivity index (χ1) is 16.6. The Labute approximate surface area is 222 Å². The highest BCUT2D eigenvalue weighted by atomic mass is 35.5. The number of hydrogen-bond donors (Lipinski definition) is 1. The molecule has 0 fully saturated rings. The van der Waals surface area contributed by atoms with Crippen LogP contribution in [0.5, 0.6) is 0 Å². The number of carbonyl (C=O) groups excluding carboxylic acids is 2. The number of hydrogen-bond acceptors (Lipinski definition) is 4. The number of rotatable bonds is 9. The van der Waals surface area contributed by atoms with Gasteiger partial charge >= 0.3 is 6.18 Å². The number of alkyl halides is 3. The second-order valence-electron chi connectivity index (χ2n) is 7.77. The van der Waals surface area contributed by atoms with Crippen molar-refractivity contribution in [3.8, 4) is 0 Å². The quantitative estimate of drug-likeness (QED) is 0.448. The Morgan fingerprint density at radius 2 is 1.64 bits per heavy atom. The van der Waals surface area contributed by atoms with Gasteiger partial charge in [-0.15, -0.1) is 0 Å². The van der Waals surface area contributed by atoms with E-state index in [0.29, 0.717) is 22.0 Å². The van der Waals surface area contributed by atoms with Crippen molar-refractivity contribution < 1.29 is 31.2 Å². The maximum Gasteiger partial charge on any atom is 0.416 e. The largest absolute Gasteiger partial charge is 0.416 e. The number of sulfonamides is 1. The molecule has 0 aliphatic heterocycles. The molecule has 14 heteroatoms. The van der Waals surface area contributed by atoms with Gasteiger partial charge in [-0.2, -0.15) is 13.2 Å². The fraction of sp³-hybridized carbons (Fsp3) is 0.364. The number of likely N-dealkylation sites (N-methyl/N-ethyl adjacent to an activating group) is 1. The zero-order valence-electron chi connectivity index (χ0n) is 19.4. The smallest absolute Gasteiger partial charge is 0.355 e. The monoisotopic (exact) mass is 587 g/mol. The summed E-state index contributed by atoms with van der Waals surface area (Å²) in [5.41, 5.74) is -1.19. The Kier molecular flexibility index (Phi) is 9.91. The molecule has 1 atom stereocenters. The molecule has 2 amide bonds. The van der Waals surface area contributed by atoms with Crippen LogP contribution in [0.1, 0.15) is 25.0 Å². The molecule has 2 aromatic carbocycles. The van der Waals surface area contributed by atoms with E-state index in [1.165, 1.54) is 19.1 Å². The molecular formula is C22H23Cl3F3N3O4S. The van der Waals surface area contributed by atoms with Crippen LogP contribution in [0.15, 0.2) is 36.4 Å². The number of nitrogens with zero attached hydrogens (tertiary/aromatic N) is 2. The molecule has 0 spiro atoms. The lowest BCUT2D eigenvalue weighted by molar-refractivity contribution is -0.139. The molecular weight excluding hydrogens is 566 g/mol. The lowest BCUT2D eigenvalue weighted by atomic mass is 10.1. The second-order valence-corrected chi connectivity index (χ2v) is 10.9. The summed E-state index contributed by atoms with van der Waals surface area (Å²) in [5, 5.41) is 2.72. The summed E-state index contributed by atoms with van der Waals surface area (Å²) in [4.78, 5) is 27.0. The molecule has 36 heavy (non-hydrogen) atoms. The number of anilines is 1. The Bertz CT molecular complexity index is 1240. The molecule has 0 aromatic heterocycles. The topological polar surface area (TPSA) is 86.8 Å². The Hall–Kier alpha value is -2.21. The SMILES string of the molecule is CCNC(=O)[C@@H](C)N(Cc1ccc(Cl)c(Cl)c1)C(=O)CN(c1cc(C(F)(F)F)ccc1Cl)S(C)(=O)=O. The van der Waals surface area contributed by atoms with Crippen molar-refractivity contribution in [1.82, 2.24) is 10.2 Å². The highest BCUT2D eigenvalue weighted by molar-refractivity contribution is 7.92. The van der Waals surface area contributed by atoms with Crippen LogP contribution >= 0.6 is 34.8 Å². The normalized spacial score (nSPS) is 12.7. The van der Waals surface area contributed by atoms with Gasteiger partial charge in [0.05, 0.1) is 32.6 Å². The molecule has 2 aromatic rings. The molecule has 0 radical (unpaired) electrons. The number of halogens is 6. The number of benzene rings is 2. The first-order valence-corrected chi connectivity index (χ1v) is 13.4. The van der Waals surface area contributed by atoms with Crippen LogP contribution in [0.4, 0.5) is 18.9 Å². The number of carbonyl (C=O) groups is 2. The molecule has 2 rings (SSSR count). The molecule has 0 heterocycles. The van der Waals surface area contributed by atoms with Crippen molar-refractivity contribution in [1.29, 1.82) is 0 Å². The molecule has 7 nitrogen and oxygen atoms in total. The lowest BCUT2D eigenvalue weighted by Gasteiger charge is -2.32. The van der Waals surface area contributed by atoms with E-state index >= 15 is 0 Å².